The van der Waals surface area contributed by atoms with Crippen molar-refractivity contribution in [1.29, 1.82) is 0 Å². The number of rotatable bonds is 7. The van der Waals surface area contributed by atoms with E-state index in [4.69, 9.17) is 21.1 Å². The molecule has 8 heteroatoms. The van der Waals surface area contributed by atoms with Gasteiger partial charge in [0.2, 0.25) is 5.91 Å². The van der Waals surface area contributed by atoms with Crippen LogP contribution in [0.1, 0.15) is 24.7 Å². The average molecular weight is 441 g/mol. The van der Waals surface area contributed by atoms with Crippen molar-refractivity contribution in [2.45, 2.75) is 32.9 Å². The van der Waals surface area contributed by atoms with E-state index >= 15 is 0 Å². The Kier molecular flexibility index (Phi) is 6.42. The second-order valence-corrected chi connectivity index (χ2v) is 7.86. The number of aromatic nitrogens is 3. The summed E-state index contributed by atoms with van der Waals surface area (Å²) in [6, 6.07) is 13.2. The lowest BCUT2D eigenvalue weighted by molar-refractivity contribution is -0.123. The van der Waals surface area contributed by atoms with Gasteiger partial charge in [-0.15, -0.1) is 10.2 Å². The number of methoxy groups -OCH3 is 1. The molecule has 31 heavy (non-hydrogen) atoms. The third kappa shape index (κ3) is 4.66. The maximum absolute atomic E-state index is 13.6. The predicted molar refractivity (Wildman–Crippen MR) is 119 cm³/mol. The van der Waals surface area contributed by atoms with Gasteiger partial charge in [0.15, 0.2) is 0 Å². The van der Waals surface area contributed by atoms with E-state index in [2.05, 4.69) is 10.2 Å². The van der Waals surface area contributed by atoms with E-state index in [0.29, 0.717) is 30.5 Å². The lowest BCUT2D eigenvalue weighted by Gasteiger charge is -2.30. The van der Waals surface area contributed by atoms with Crippen LogP contribution in [0.2, 0.25) is 5.02 Å². The summed E-state index contributed by atoms with van der Waals surface area (Å²) in [5, 5.41) is 8.55. The van der Waals surface area contributed by atoms with Gasteiger partial charge in [-0.2, -0.15) is 0 Å². The molecule has 0 saturated carbocycles. The van der Waals surface area contributed by atoms with E-state index in [-0.39, 0.29) is 11.8 Å². The van der Waals surface area contributed by atoms with Crippen LogP contribution in [0.25, 0.3) is 0 Å². The molecule has 1 amide bonds. The Balaban J connectivity index is 1.62. The Bertz CT molecular complexity index is 1050. The first-order chi connectivity index (χ1) is 15.1. The molecule has 0 N–H and O–H groups in total. The van der Waals surface area contributed by atoms with E-state index in [1.165, 1.54) is 0 Å². The highest BCUT2D eigenvalue weighted by atomic mass is 35.5. The first-order valence-electron chi connectivity index (χ1n) is 10.3. The van der Waals surface area contributed by atoms with Crippen LogP contribution in [0.5, 0.6) is 11.5 Å². The average Bonchev–Trinajstić information content (AvgIpc) is 3.26. The summed E-state index contributed by atoms with van der Waals surface area (Å²) in [5.41, 5.74) is 1.74. The standard InChI is InChI=1S/C23H25ClN4O3/c1-3-31-19-8-4-16(5-9-19)13-28(18-7-10-21(30-2)20(24)12-18)23(29)17-6-11-22-26-25-15-27(22)14-17/h4-5,7-10,12,15,17H,3,6,11,13-14H2,1-2H3. The summed E-state index contributed by atoms with van der Waals surface area (Å²) in [5.74, 6) is 2.20. The Morgan fingerprint density at radius 2 is 2.06 bits per heavy atom. The van der Waals surface area contributed by atoms with E-state index in [1.807, 2.05) is 41.8 Å². The Morgan fingerprint density at radius 3 is 2.77 bits per heavy atom. The number of amides is 1. The maximum Gasteiger partial charge on any atom is 0.232 e. The molecule has 1 aliphatic rings. The number of hydrogen-bond acceptors (Lipinski definition) is 5. The lowest BCUT2D eigenvalue weighted by atomic mass is 9.97. The summed E-state index contributed by atoms with van der Waals surface area (Å²) in [4.78, 5) is 15.4. The van der Waals surface area contributed by atoms with Gasteiger partial charge < -0.3 is 18.9 Å². The van der Waals surface area contributed by atoms with Crippen molar-refractivity contribution < 1.29 is 14.3 Å². The summed E-state index contributed by atoms with van der Waals surface area (Å²) in [6.45, 7) is 3.57. The molecule has 1 aliphatic heterocycles. The highest BCUT2D eigenvalue weighted by Crippen LogP contribution is 2.32. The summed E-state index contributed by atoms with van der Waals surface area (Å²) >= 11 is 6.37. The summed E-state index contributed by atoms with van der Waals surface area (Å²) in [6.07, 6.45) is 3.16. The molecule has 2 heterocycles. The largest absolute Gasteiger partial charge is 0.495 e. The van der Waals surface area contributed by atoms with E-state index in [0.717, 1.165) is 35.7 Å². The third-order valence-corrected chi connectivity index (χ3v) is 5.76. The first kappa shape index (κ1) is 21.2. The topological polar surface area (TPSA) is 69.5 Å². The second kappa shape index (κ2) is 9.39. The van der Waals surface area contributed by atoms with Crippen molar-refractivity contribution >= 4 is 23.2 Å². The number of benzene rings is 2. The Labute approximate surface area is 186 Å². The summed E-state index contributed by atoms with van der Waals surface area (Å²) < 4.78 is 12.8. The number of hydrogen-bond donors (Lipinski definition) is 0. The van der Waals surface area contributed by atoms with Crippen LogP contribution < -0.4 is 14.4 Å². The number of anilines is 1. The molecule has 0 aliphatic carbocycles. The minimum Gasteiger partial charge on any atom is -0.495 e. The minimum absolute atomic E-state index is 0.0504. The number of halogens is 1. The van der Waals surface area contributed by atoms with Crippen LogP contribution in [0.3, 0.4) is 0 Å². The molecule has 0 spiro atoms. The zero-order chi connectivity index (χ0) is 21.8. The van der Waals surface area contributed by atoms with Crippen LogP contribution in [0.15, 0.2) is 48.8 Å². The normalized spacial score (nSPS) is 15.3. The number of carbonyl (C=O) groups is 1. The van der Waals surface area contributed by atoms with Crippen molar-refractivity contribution in [3.05, 3.63) is 65.2 Å². The smallest absolute Gasteiger partial charge is 0.232 e. The monoisotopic (exact) mass is 440 g/mol. The van der Waals surface area contributed by atoms with E-state index in [1.54, 1.807) is 30.5 Å². The van der Waals surface area contributed by atoms with Gasteiger partial charge in [0.05, 0.1) is 31.2 Å². The fourth-order valence-electron chi connectivity index (χ4n) is 3.84. The van der Waals surface area contributed by atoms with Gasteiger partial charge in [-0.25, -0.2) is 0 Å². The van der Waals surface area contributed by atoms with Gasteiger partial charge in [-0.3, -0.25) is 4.79 Å². The molecule has 4 rings (SSSR count). The predicted octanol–water partition coefficient (Wildman–Crippen LogP) is 4.13. The van der Waals surface area contributed by atoms with E-state index in [9.17, 15) is 4.79 Å². The molecule has 3 aromatic rings. The van der Waals surface area contributed by atoms with Crippen molar-refractivity contribution in [1.82, 2.24) is 14.8 Å². The second-order valence-electron chi connectivity index (χ2n) is 7.46. The van der Waals surface area contributed by atoms with Gasteiger partial charge in [-0.1, -0.05) is 23.7 Å². The zero-order valence-corrected chi connectivity index (χ0v) is 18.4. The fourth-order valence-corrected chi connectivity index (χ4v) is 4.09. The van der Waals surface area contributed by atoms with Gasteiger partial charge in [0, 0.05) is 18.7 Å². The van der Waals surface area contributed by atoms with E-state index < -0.39 is 0 Å². The molecule has 1 atom stereocenters. The zero-order valence-electron chi connectivity index (χ0n) is 17.6. The van der Waals surface area contributed by atoms with Crippen LogP contribution in [-0.4, -0.2) is 34.4 Å². The van der Waals surface area contributed by atoms with Crippen molar-refractivity contribution in [3.8, 4) is 11.5 Å². The number of nitrogens with zero attached hydrogens (tertiary/aromatic N) is 4. The van der Waals surface area contributed by atoms with Crippen molar-refractivity contribution in [2.24, 2.45) is 5.92 Å². The highest BCUT2D eigenvalue weighted by molar-refractivity contribution is 6.32. The summed E-state index contributed by atoms with van der Waals surface area (Å²) in [7, 11) is 1.57. The van der Waals surface area contributed by atoms with Crippen LogP contribution in [0.4, 0.5) is 5.69 Å². The van der Waals surface area contributed by atoms with Crippen LogP contribution in [-0.2, 0) is 24.3 Å². The number of fused-ring (bicyclic) bond motifs is 1. The maximum atomic E-state index is 13.6. The number of aryl methyl sites for hydroxylation is 1. The van der Waals surface area contributed by atoms with Crippen LogP contribution >= 0.6 is 11.6 Å². The molecule has 1 unspecified atom stereocenters. The molecule has 2 aromatic carbocycles. The third-order valence-electron chi connectivity index (χ3n) is 5.47. The molecular formula is C23H25ClN4O3. The molecule has 0 saturated heterocycles. The lowest BCUT2D eigenvalue weighted by Crippen LogP contribution is -2.39. The molecular weight excluding hydrogens is 416 g/mol. The Hall–Kier alpha value is -3.06. The van der Waals surface area contributed by atoms with Crippen molar-refractivity contribution in [2.75, 3.05) is 18.6 Å². The first-order valence-corrected chi connectivity index (χ1v) is 10.7. The molecule has 0 radical (unpaired) electrons. The van der Waals surface area contributed by atoms with Crippen LogP contribution in [0, 0.1) is 5.92 Å². The molecule has 0 bridgehead atoms. The minimum atomic E-state index is -0.160. The SMILES string of the molecule is CCOc1ccc(CN(C(=O)C2CCc3nncn3C2)c2ccc(OC)c(Cl)c2)cc1. The molecule has 7 nitrogen and oxygen atoms in total. The van der Waals surface area contributed by atoms with Gasteiger partial charge >= 0.3 is 0 Å². The Morgan fingerprint density at radius 1 is 1.26 bits per heavy atom. The quantitative estimate of drug-likeness (QED) is 0.552. The van der Waals surface area contributed by atoms with Gasteiger partial charge in [0.1, 0.15) is 23.7 Å². The van der Waals surface area contributed by atoms with Gasteiger partial charge in [0.25, 0.3) is 0 Å². The van der Waals surface area contributed by atoms with Gasteiger partial charge in [-0.05, 0) is 49.2 Å². The van der Waals surface area contributed by atoms with Crippen molar-refractivity contribution in [3.63, 3.8) is 0 Å². The fraction of sp³-hybridized carbons (Fsp3) is 0.348. The molecule has 0 fully saturated rings. The molecule has 1 aromatic heterocycles. The number of carbonyl (C=O) groups excluding carboxylic acids is 1. The highest BCUT2D eigenvalue weighted by Gasteiger charge is 2.30. The molecule has 162 valence electrons. The number of ether oxygens (including phenoxy) is 2.